The van der Waals surface area contributed by atoms with E-state index in [9.17, 15) is 28.6 Å². The van der Waals surface area contributed by atoms with Crippen molar-refractivity contribution >= 4 is 27.8 Å². The second-order valence-electron chi connectivity index (χ2n) is 23.4. The van der Waals surface area contributed by atoms with Crippen LogP contribution in [0.4, 0.5) is 4.79 Å². The van der Waals surface area contributed by atoms with E-state index in [0.29, 0.717) is 25.0 Å². The normalized spacial score (nSPS) is 40.8. The van der Waals surface area contributed by atoms with Gasteiger partial charge in [-0.25, -0.2) is 17.9 Å². The second kappa shape index (κ2) is 25.6. The summed E-state index contributed by atoms with van der Waals surface area (Å²) < 4.78 is 79.6. The van der Waals surface area contributed by atoms with Crippen LogP contribution in [-0.2, 0) is 52.7 Å². The van der Waals surface area contributed by atoms with Gasteiger partial charge in [-0.15, -0.1) is 0 Å². The molecule has 4 aliphatic heterocycles. The molecule has 22 heteroatoms. The van der Waals surface area contributed by atoms with Crippen molar-refractivity contribution in [3.05, 3.63) is 0 Å². The lowest BCUT2D eigenvalue weighted by Crippen LogP contribution is -2.70. The molecule has 4 aliphatic rings. The molecule has 0 aromatic heterocycles. The van der Waals surface area contributed by atoms with Gasteiger partial charge in [0.25, 0.3) is 0 Å². The number of nitrogens with zero attached hydrogens (tertiary/aromatic N) is 5. The third kappa shape index (κ3) is 14.1. The first-order valence-corrected chi connectivity index (χ1v) is 28.7. The molecule has 18 atom stereocenters. The molecule has 21 nitrogen and oxygen atoms in total. The highest BCUT2D eigenvalue weighted by molar-refractivity contribution is 7.88. The lowest BCUT2D eigenvalue weighted by Gasteiger charge is -2.54. The molecule has 0 aromatic carbocycles. The highest BCUT2D eigenvalue weighted by Gasteiger charge is 2.62. The van der Waals surface area contributed by atoms with E-state index in [2.05, 4.69) is 47.4 Å². The summed E-state index contributed by atoms with van der Waals surface area (Å²) in [4.78, 5) is 37.0. The summed E-state index contributed by atoms with van der Waals surface area (Å²) >= 11 is 0. The molecule has 74 heavy (non-hydrogen) atoms. The quantitative estimate of drug-likeness (QED) is 0.0808. The van der Waals surface area contributed by atoms with E-state index in [0.717, 1.165) is 12.8 Å². The number of likely N-dealkylation sites (N-methyl/N-ethyl adjacent to an activating group) is 2. The highest BCUT2D eigenvalue weighted by Crippen LogP contribution is 2.46. The predicted molar refractivity (Wildman–Crippen MR) is 280 cm³/mol. The number of carbonyl (C=O) groups is 2. The van der Waals surface area contributed by atoms with Crippen LogP contribution in [-0.4, -0.2) is 231 Å². The Hall–Kier alpha value is -2.32. The topological polar surface area (TPSA) is 240 Å². The summed E-state index contributed by atoms with van der Waals surface area (Å²) in [6.45, 7) is 28.2. The molecule has 4 N–H and O–H groups in total. The number of carbonyl (C=O) groups excluding carboxylic acids is 2. The third-order valence-electron chi connectivity index (χ3n) is 17.0. The molecule has 0 aliphatic carbocycles. The maximum absolute atomic E-state index is 15.1. The number of sulfonamides is 1. The number of fused-ring (bicyclic) bond motifs is 1. The molecular weight excluding hydrogens is 981 g/mol. The molecule has 4 saturated heterocycles. The number of aliphatic hydroxyl groups excluding tert-OH is 1. The Morgan fingerprint density at radius 3 is 2.07 bits per heavy atom. The molecule has 432 valence electrons. The van der Waals surface area contributed by atoms with Crippen LogP contribution in [0.15, 0.2) is 5.16 Å². The maximum Gasteiger partial charge on any atom is 0.410 e. The molecule has 0 saturated carbocycles. The average Bonchev–Trinajstić information content (AvgIpc) is 3.56. The minimum absolute atomic E-state index is 0.0510. The number of hydrogen-bond acceptors (Lipinski definition) is 19. The van der Waals surface area contributed by atoms with Gasteiger partial charge < -0.3 is 63.1 Å². The fourth-order valence-corrected chi connectivity index (χ4v) is 13.1. The van der Waals surface area contributed by atoms with Crippen LogP contribution < -0.4 is 4.72 Å². The van der Waals surface area contributed by atoms with Gasteiger partial charge in [0.15, 0.2) is 18.2 Å². The van der Waals surface area contributed by atoms with E-state index in [-0.39, 0.29) is 56.8 Å². The summed E-state index contributed by atoms with van der Waals surface area (Å²) in [5, 5.41) is 39.6. The van der Waals surface area contributed by atoms with E-state index < -0.39 is 117 Å². The highest BCUT2D eigenvalue weighted by atomic mass is 32.2. The Morgan fingerprint density at radius 1 is 0.919 bits per heavy atom. The van der Waals surface area contributed by atoms with Gasteiger partial charge in [-0.05, 0) is 110 Å². The van der Waals surface area contributed by atoms with Crippen LogP contribution in [0.5, 0.6) is 0 Å². The first-order chi connectivity index (χ1) is 34.2. The van der Waals surface area contributed by atoms with Crippen molar-refractivity contribution in [2.45, 2.75) is 218 Å². The number of esters is 1. The van der Waals surface area contributed by atoms with E-state index in [1.165, 1.54) is 12.0 Å². The average molecular weight is 1080 g/mol. The van der Waals surface area contributed by atoms with Crippen LogP contribution in [0.1, 0.15) is 123 Å². The van der Waals surface area contributed by atoms with Gasteiger partial charge in [0.2, 0.25) is 10.0 Å². The van der Waals surface area contributed by atoms with Crippen molar-refractivity contribution in [2.24, 2.45) is 28.8 Å². The zero-order valence-electron chi connectivity index (χ0n) is 48.5. The Balaban J connectivity index is 1.89. The number of rotatable bonds is 19. The summed E-state index contributed by atoms with van der Waals surface area (Å²) in [6, 6.07) is -0.598. The van der Waals surface area contributed by atoms with Crippen molar-refractivity contribution in [3.63, 3.8) is 0 Å². The number of hydrogen-bond donors (Lipinski definition) is 4. The smallest absolute Gasteiger partial charge is 0.410 e. The minimum atomic E-state index is -3.64. The monoisotopic (exact) mass is 1080 g/mol. The summed E-state index contributed by atoms with van der Waals surface area (Å²) in [6.07, 6.45) is -6.49. The summed E-state index contributed by atoms with van der Waals surface area (Å²) in [5.74, 6) is -3.92. The Morgan fingerprint density at radius 2 is 1.54 bits per heavy atom. The van der Waals surface area contributed by atoms with E-state index in [1.54, 1.807) is 41.7 Å². The summed E-state index contributed by atoms with van der Waals surface area (Å²) in [5.41, 5.74) is -5.33. The van der Waals surface area contributed by atoms with Gasteiger partial charge >= 0.3 is 12.1 Å². The van der Waals surface area contributed by atoms with E-state index in [4.69, 9.17) is 37.9 Å². The molecule has 0 radical (unpaired) electrons. The number of ether oxygens (including phenoxy) is 8. The third-order valence-corrected chi connectivity index (χ3v) is 17.8. The molecule has 0 aromatic rings. The lowest BCUT2D eigenvalue weighted by molar-refractivity contribution is -0.339. The number of oxime groups is 1. The van der Waals surface area contributed by atoms with E-state index in [1.807, 2.05) is 60.7 Å². The van der Waals surface area contributed by atoms with Crippen LogP contribution in [0.2, 0.25) is 0 Å². The second-order valence-corrected chi connectivity index (χ2v) is 25.3. The predicted octanol–water partition coefficient (Wildman–Crippen LogP) is 4.14. The Kier molecular flexibility index (Phi) is 22.3. The van der Waals surface area contributed by atoms with Crippen molar-refractivity contribution < 1.29 is 71.3 Å². The van der Waals surface area contributed by atoms with Gasteiger partial charge in [-0.1, -0.05) is 32.9 Å². The molecule has 4 fully saturated rings. The molecule has 0 spiro atoms. The zero-order chi connectivity index (χ0) is 56.2. The van der Waals surface area contributed by atoms with Gasteiger partial charge in [-0.3, -0.25) is 14.6 Å². The van der Waals surface area contributed by atoms with Gasteiger partial charge in [-0.2, -0.15) is 0 Å². The van der Waals surface area contributed by atoms with Crippen molar-refractivity contribution in [1.82, 2.24) is 24.3 Å². The molecule has 1 amide bonds. The SMILES string of the molecule is CC[C@H]1OC(=O)[C@H](C)[C@@H](O[C@H]2C[C@@](C)(OC)[C@@](O)(CN(C)CCN(C(C)C)C(C)C)[C@H](C)O2)[C@H](C)[C@@H](O[C@@H]2O[C@H](C)C[C@H](N(C)C)[C@H]2O)[C@@](C)(OC)C[C@@H](C)C(=NO)[C@H](C)[C@H]2N(CCNS(C)(=O)=O)C(=O)O[C@]12C. The van der Waals surface area contributed by atoms with Crippen LogP contribution >= 0.6 is 0 Å². The standard InChI is InChI=1S/C52H98N6O15S/c1-21-39-51(14)44(58(48(61)73-51)23-22-53-74(20,64)65)34(8)41(54-63)32(6)27-49(12,66-18)45(72-47-42(59)38(55(15)16)26-33(7)68-47)35(9)43(36(10)46(60)70-39)71-40-28-50(13,67-19)52(62,37(11)69-40)29-56(17)24-25-57(30(2)3)31(4)5/h30-40,42-45,47,53,59,62-63H,21-29H2,1-20H3/t32-,33-,34+,35+,36-,37+,38+,39-,40+,42-,43+,44-,45-,47+,49+,50-,51-,52-/m1/s1. The number of nitrogens with one attached hydrogen (secondary N) is 1. The first kappa shape index (κ1) is 64.2. The number of aliphatic hydroxyl groups is 2. The van der Waals surface area contributed by atoms with Crippen molar-refractivity contribution in [3.8, 4) is 0 Å². The Labute approximate surface area is 443 Å². The van der Waals surface area contributed by atoms with Crippen LogP contribution in [0.25, 0.3) is 0 Å². The maximum atomic E-state index is 15.1. The molecular formula is C52H98N6O15S. The number of cyclic esters (lactones) is 1. The minimum Gasteiger partial charge on any atom is -0.458 e. The largest absolute Gasteiger partial charge is 0.458 e. The van der Waals surface area contributed by atoms with Crippen LogP contribution in [0, 0.1) is 23.7 Å². The Bertz CT molecular complexity index is 1980. The molecule has 4 rings (SSSR count). The molecule has 0 bridgehead atoms. The van der Waals surface area contributed by atoms with E-state index >= 15 is 4.79 Å². The fraction of sp³-hybridized carbons (Fsp3) is 0.942. The van der Waals surface area contributed by atoms with Crippen molar-refractivity contribution in [1.29, 1.82) is 0 Å². The lowest BCUT2D eigenvalue weighted by atomic mass is 9.72. The van der Waals surface area contributed by atoms with Crippen LogP contribution in [0.3, 0.4) is 0 Å². The van der Waals surface area contributed by atoms with Crippen molar-refractivity contribution in [2.75, 3.05) is 74.3 Å². The number of amides is 1. The van der Waals surface area contributed by atoms with Gasteiger partial charge in [0, 0.05) is 89.2 Å². The molecule has 0 unspecified atom stereocenters. The first-order valence-electron chi connectivity index (χ1n) is 26.8. The zero-order valence-corrected chi connectivity index (χ0v) is 49.3. The van der Waals surface area contributed by atoms with Gasteiger partial charge in [0.1, 0.15) is 23.4 Å². The molecule has 4 heterocycles. The summed E-state index contributed by atoms with van der Waals surface area (Å²) in [7, 11) is 5.19. The fourth-order valence-electron chi connectivity index (χ4n) is 12.7. The number of methoxy groups -OCH3 is 2. The van der Waals surface area contributed by atoms with Gasteiger partial charge in [0.05, 0.1) is 53.9 Å².